The number of ketones is 1. The molecular weight excluding hydrogens is 192 g/mol. The summed E-state index contributed by atoms with van der Waals surface area (Å²) in [5.41, 5.74) is 2.10. The third-order valence-electron chi connectivity index (χ3n) is 2.57. The fourth-order valence-corrected chi connectivity index (χ4v) is 1.67. The molecule has 0 aromatic carbocycles. The van der Waals surface area contributed by atoms with Gasteiger partial charge in [0.2, 0.25) is 5.91 Å². The first-order valence-electron chi connectivity index (χ1n) is 4.86. The Morgan fingerprint density at radius 1 is 1.47 bits per heavy atom. The van der Waals surface area contributed by atoms with Gasteiger partial charge in [0.15, 0.2) is 5.78 Å². The summed E-state index contributed by atoms with van der Waals surface area (Å²) in [6.07, 6.45) is 3.52. The second kappa shape index (κ2) is 3.81. The van der Waals surface area contributed by atoms with Crippen molar-refractivity contribution in [2.24, 2.45) is 0 Å². The van der Waals surface area contributed by atoms with Gasteiger partial charge in [-0.1, -0.05) is 0 Å². The number of hydrogen-bond acceptors (Lipinski definition) is 3. The average Bonchev–Trinajstić information content (AvgIpc) is 2.49. The number of pyridine rings is 1. The quantitative estimate of drug-likeness (QED) is 0.666. The molecule has 1 saturated heterocycles. The van der Waals surface area contributed by atoms with Crippen LogP contribution < -0.4 is 0 Å². The first-order chi connectivity index (χ1) is 7.16. The predicted octanol–water partition coefficient (Wildman–Crippen LogP) is 0.691. The normalized spacial score (nSPS) is 16.2. The van der Waals surface area contributed by atoms with Crippen molar-refractivity contribution in [3.63, 3.8) is 0 Å². The van der Waals surface area contributed by atoms with E-state index >= 15 is 0 Å². The molecule has 1 aliphatic rings. The van der Waals surface area contributed by atoms with Crippen LogP contribution in [-0.2, 0) is 16.1 Å². The van der Waals surface area contributed by atoms with Crippen molar-refractivity contribution in [3.05, 3.63) is 29.6 Å². The van der Waals surface area contributed by atoms with Gasteiger partial charge in [0, 0.05) is 18.9 Å². The summed E-state index contributed by atoms with van der Waals surface area (Å²) in [5.74, 6) is -0.0667. The van der Waals surface area contributed by atoms with Gasteiger partial charge in [-0.3, -0.25) is 14.6 Å². The molecule has 4 heteroatoms. The molecule has 1 aliphatic heterocycles. The van der Waals surface area contributed by atoms with Crippen LogP contribution in [0.1, 0.15) is 17.5 Å². The Morgan fingerprint density at radius 3 is 2.87 bits per heavy atom. The van der Waals surface area contributed by atoms with E-state index in [9.17, 15) is 9.59 Å². The van der Waals surface area contributed by atoms with Crippen LogP contribution in [0.3, 0.4) is 0 Å². The molecule has 0 atom stereocenters. The van der Waals surface area contributed by atoms with E-state index in [1.807, 2.05) is 13.0 Å². The number of carbonyl (C=O) groups excluding carboxylic acids is 2. The second-order valence-electron chi connectivity index (χ2n) is 3.77. The molecule has 0 N–H and O–H groups in total. The topological polar surface area (TPSA) is 50.3 Å². The molecule has 0 bridgehead atoms. The largest absolute Gasteiger partial charge is 0.331 e. The van der Waals surface area contributed by atoms with Crippen molar-refractivity contribution < 1.29 is 9.59 Å². The lowest BCUT2D eigenvalue weighted by Crippen LogP contribution is -2.25. The van der Waals surface area contributed by atoms with E-state index in [1.165, 1.54) is 0 Å². The number of rotatable bonds is 2. The molecule has 1 aromatic rings. The first kappa shape index (κ1) is 9.83. The highest BCUT2D eigenvalue weighted by molar-refractivity contribution is 6.05. The van der Waals surface area contributed by atoms with E-state index in [0.29, 0.717) is 6.54 Å². The fourth-order valence-electron chi connectivity index (χ4n) is 1.67. The van der Waals surface area contributed by atoms with E-state index in [1.54, 1.807) is 17.3 Å². The molecule has 2 heterocycles. The standard InChI is InChI=1S/C11H12N2O2/c1-8-5-12-3-2-9(8)6-13-7-10(14)4-11(13)15/h2-3,5H,4,6-7H2,1H3. The van der Waals surface area contributed by atoms with Gasteiger partial charge >= 0.3 is 0 Å². The van der Waals surface area contributed by atoms with Gasteiger partial charge in [-0.15, -0.1) is 0 Å². The highest BCUT2D eigenvalue weighted by Crippen LogP contribution is 2.13. The first-order valence-corrected chi connectivity index (χ1v) is 4.86. The van der Waals surface area contributed by atoms with Crippen LogP contribution in [0.15, 0.2) is 18.5 Å². The minimum absolute atomic E-state index is 0.00621. The summed E-state index contributed by atoms with van der Waals surface area (Å²) in [5, 5.41) is 0. The molecule has 0 spiro atoms. The highest BCUT2D eigenvalue weighted by Gasteiger charge is 2.27. The van der Waals surface area contributed by atoms with E-state index in [0.717, 1.165) is 11.1 Å². The van der Waals surface area contributed by atoms with Gasteiger partial charge in [-0.25, -0.2) is 0 Å². The van der Waals surface area contributed by atoms with Crippen LogP contribution in [0.2, 0.25) is 0 Å². The predicted molar refractivity (Wildman–Crippen MR) is 54.0 cm³/mol. The molecular formula is C11H12N2O2. The summed E-state index contributed by atoms with van der Waals surface area (Å²) >= 11 is 0. The zero-order valence-electron chi connectivity index (χ0n) is 8.56. The number of carbonyl (C=O) groups is 2. The molecule has 1 amide bonds. The SMILES string of the molecule is Cc1cnccc1CN1CC(=O)CC1=O. The monoisotopic (exact) mass is 204 g/mol. The fraction of sp³-hybridized carbons (Fsp3) is 0.364. The average molecular weight is 204 g/mol. The highest BCUT2D eigenvalue weighted by atomic mass is 16.2. The number of likely N-dealkylation sites (tertiary alicyclic amines) is 1. The Bertz CT molecular complexity index is 415. The van der Waals surface area contributed by atoms with E-state index < -0.39 is 0 Å². The van der Waals surface area contributed by atoms with Gasteiger partial charge in [0.25, 0.3) is 0 Å². The number of aryl methyl sites for hydroxylation is 1. The lowest BCUT2D eigenvalue weighted by molar-refractivity contribution is -0.128. The third kappa shape index (κ3) is 2.03. The molecule has 0 aliphatic carbocycles. The molecule has 0 radical (unpaired) electrons. The zero-order valence-corrected chi connectivity index (χ0v) is 8.56. The lowest BCUT2D eigenvalue weighted by Gasteiger charge is -2.15. The van der Waals surface area contributed by atoms with Crippen molar-refractivity contribution in [3.8, 4) is 0 Å². The van der Waals surface area contributed by atoms with Crippen LogP contribution in [0, 0.1) is 6.92 Å². The van der Waals surface area contributed by atoms with Gasteiger partial charge in [0.05, 0.1) is 13.0 Å². The third-order valence-corrected chi connectivity index (χ3v) is 2.57. The van der Waals surface area contributed by atoms with Crippen LogP contribution in [0.4, 0.5) is 0 Å². The molecule has 15 heavy (non-hydrogen) atoms. The maximum absolute atomic E-state index is 11.4. The van der Waals surface area contributed by atoms with Crippen LogP contribution in [-0.4, -0.2) is 28.1 Å². The molecule has 0 unspecified atom stereocenters. The maximum atomic E-state index is 11.4. The number of amides is 1. The smallest absolute Gasteiger partial charge is 0.230 e. The van der Waals surface area contributed by atoms with Gasteiger partial charge in [0.1, 0.15) is 0 Å². The number of Topliss-reactive ketones (excluding diaryl/α,β-unsaturated/α-hetero) is 1. The Labute approximate surface area is 87.9 Å². The van der Waals surface area contributed by atoms with Crippen LogP contribution >= 0.6 is 0 Å². The van der Waals surface area contributed by atoms with Gasteiger partial charge in [-0.05, 0) is 24.1 Å². The van der Waals surface area contributed by atoms with Crippen molar-refractivity contribution >= 4 is 11.7 Å². The van der Waals surface area contributed by atoms with Crippen molar-refractivity contribution in [2.45, 2.75) is 19.9 Å². The number of hydrogen-bond donors (Lipinski definition) is 0. The molecule has 2 rings (SSSR count). The minimum Gasteiger partial charge on any atom is -0.331 e. The number of aromatic nitrogens is 1. The second-order valence-corrected chi connectivity index (χ2v) is 3.77. The van der Waals surface area contributed by atoms with E-state index in [-0.39, 0.29) is 24.7 Å². The van der Waals surface area contributed by atoms with E-state index in [4.69, 9.17) is 0 Å². The molecule has 4 nitrogen and oxygen atoms in total. The molecule has 0 saturated carbocycles. The van der Waals surface area contributed by atoms with Crippen molar-refractivity contribution in [1.29, 1.82) is 0 Å². The Balaban J connectivity index is 2.13. The van der Waals surface area contributed by atoms with Crippen LogP contribution in [0.25, 0.3) is 0 Å². The summed E-state index contributed by atoms with van der Waals surface area (Å²) in [6, 6.07) is 1.88. The Morgan fingerprint density at radius 2 is 2.27 bits per heavy atom. The molecule has 1 fully saturated rings. The summed E-state index contributed by atoms with van der Waals surface area (Å²) in [4.78, 5) is 28.0. The van der Waals surface area contributed by atoms with Crippen molar-refractivity contribution in [2.75, 3.05) is 6.54 Å². The van der Waals surface area contributed by atoms with Gasteiger partial charge < -0.3 is 4.90 Å². The lowest BCUT2D eigenvalue weighted by atomic mass is 10.1. The molecule has 1 aromatic heterocycles. The van der Waals surface area contributed by atoms with E-state index in [2.05, 4.69) is 4.98 Å². The summed E-state index contributed by atoms with van der Waals surface area (Å²) in [6.45, 7) is 2.71. The van der Waals surface area contributed by atoms with Crippen molar-refractivity contribution in [1.82, 2.24) is 9.88 Å². The van der Waals surface area contributed by atoms with Crippen LogP contribution in [0.5, 0.6) is 0 Å². The molecule has 78 valence electrons. The maximum Gasteiger partial charge on any atom is 0.230 e. The number of nitrogens with zero attached hydrogens (tertiary/aromatic N) is 2. The summed E-state index contributed by atoms with van der Waals surface area (Å²) in [7, 11) is 0. The Kier molecular flexibility index (Phi) is 2.49. The zero-order chi connectivity index (χ0) is 10.8. The minimum atomic E-state index is -0.0730. The Hall–Kier alpha value is -1.71. The summed E-state index contributed by atoms with van der Waals surface area (Å²) < 4.78 is 0. The van der Waals surface area contributed by atoms with Gasteiger partial charge in [-0.2, -0.15) is 0 Å².